The molecule has 4 heterocycles. The van der Waals surface area contributed by atoms with Gasteiger partial charge < -0.3 is 10.2 Å². The van der Waals surface area contributed by atoms with Crippen LogP contribution in [0.2, 0.25) is 0 Å². The third-order valence-corrected chi connectivity index (χ3v) is 8.98. The zero-order valence-electron chi connectivity index (χ0n) is 24.1. The summed E-state index contributed by atoms with van der Waals surface area (Å²) in [5, 5.41) is 6.43. The molecule has 0 amide bonds. The van der Waals surface area contributed by atoms with Crippen LogP contribution in [0.4, 0.5) is 15.9 Å². The number of sulfonamides is 1. The molecule has 0 radical (unpaired) electrons. The van der Waals surface area contributed by atoms with E-state index in [1.165, 1.54) is 30.9 Å². The highest BCUT2D eigenvalue weighted by atomic mass is 32.2. The molecule has 1 unspecified atom stereocenters. The molecule has 13 heteroatoms. The molecule has 0 saturated heterocycles. The van der Waals surface area contributed by atoms with Crippen molar-refractivity contribution in [2.75, 3.05) is 10.5 Å². The number of nitrogens with one attached hydrogen (secondary N) is 1. The second kappa shape index (κ2) is 11.2. The predicted molar refractivity (Wildman–Crippen MR) is 172 cm³/mol. The molecule has 1 atom stereocenters. The van der Waals surface area contributed by atoms with Crippen molar-refractivity contribution >= 4 is 43.3 Å². The maximum Gasteiger partial charge on any atom is 0.343 e. The van der Waals surface area contributed by atoms with E-state index in [0.29, 0.717) is 33.4 Å². The Morgan fingerprint density at radius 2 is 1.63 bits per heavy atom. The predicted octanol–water partition coefficient (Wildman–Crippen LogP) is 5.79. The fraction of sp³-hybridized carbons (Fsp3) is 0.0606. The van der Waals surface area contributed by atoms with Gasteiger partial charge in [0.05, 0.1) is 27.6 Å². The Morgan fingerprint density at radius 1 is 0.913 bits per heavy atom. The Balaban J connectivity index is 1.37. The molecule has 46 heavy (non-hydrogen) atoms. The Morgan fingerprint density at radius 3 is 2.39 bits per heavy atom. The molecule has 0 aliphatic heterocycles. The smallest absolute Gasteiger partial charge is 0.343 e. The van der Waals surface area contributed by atoms with Gasteiger partial charge >= 0.3 is 5.63 Å². The van der Waals surface area contributed by atoms with Crippen LogP contribution in [0.3, 0.4) is 0 Å². The first-order chi connectivity index (χ1) is 22.2. The summed E-state index contributed by atoms with van der Waals surface area (Å²) in [6.07, 6.45) is 4.15. The normalized spacial score (nSPS) is 12.4. The number of nitrogens with zero attached hydrogens (tertiary/aromatic N) is 5. The third-order valence-electron chi connectivity index (χ3n) is 7.58. The van der Waals surface area contributed by atoms with Crippen LogP contribution in [-0.2, 0) is 10.0 Å². The van der Waals surface area contributed by atoms with E-state index in [1.54, 1.807) is 22.9 Å². The lowest BCUT2D eigenvalue weighted by atomic mass is 9.96. The maximum absolute atomic E-state index is 13.4. The average Bonchev–Trinajstić information content (AvgIpc) is 3.46. The van der Waals surface area contributed by atoms with Crippen molar-refractivity contribution in [3.63, 3.8) is 0 Å². The first kappa shape index (κ1) is 28.8. The second-order valence-electron chi connectivity index (χ2n) is 10.5. The quantitative estimate of drug-likeness (QED) is 0.221. The summed E-state index contributed by atoms with van der Waals surface area (Å²) in [4.78, 5) is 26.0. The van der Waals surface area contributed by atoms with Crippen molar-refractivity contribution in [1.82, 2.24) is 24.7 Å². The number of benzene rings is 3. The summed E-state index contributed by atoms with van der Waals surface area (Å²) in [7, 11) is -4.05. The molecule has 0 bridgehead atoms. The molecule has 0 spiro atoms. The minimum Gasteiger partial charge on any atom is -0.424 e. The number of rotatable bonds is 7. The molecule has 0 saturated carbocycles. The van der Waals surface area contributed by atoms with Crippen molar-refractivity contribution in [3.8, 4) is 22.4 Å². The highest BCUT2D eigenvalue weighted by molar-refractivity contribution is 7.92. The number of hydrogen-bond acceptors (Lipinski definition) is 9. The van der Waals surface area contributed by atoms with E-state index in [-0.39, 0.29) is 16.4 Å². The van der Waals surface area contributed by atoms with E-state index in [4.69, 9.17) is 15.2 Å². The number of nitrogens with two attached hydrogens (primary N) is 1. The standard InChI is InChI=1S/C33H24FN7O4S/c1-19(30-27(20-7-3-2-4-8-20)25-9-5-6-10-26(25)33(42)45-30)41-32-28(31(35)37-18-38-32)29(39-41)21-15-23(17-36-16-21)40-46(43,44)24-13-11-22(34)12-14-24/h2-19,40H,1H3,(H2,35,37,38). The summed E-state index contributed by atoms with van der Waals surface area (Å²) < 4.78 is 49.4. The Kier molecular flexibility index (Phi) is 7.01. The van der Waals surface area contributed by atoms with Gasteiger partial charge in [0.2, 0.25) is 0 Å². The van der Waals surface area contributed by atoms with Crippen molar-refractivity contribution in [2.45, 2.75) is 17.9 Å². The van der Waals surface area contributed by atoms with Gasteiger partial charge in [-0.05, 0) is 48.9 Å². The zero-order chi connectivity index (χ0) is 32.0. The van der Waals surface area contributed by atoms with E-state index in [2.05, 4.69) is 19.7 Å². The van der Waals surface area contributed by atoms with Crippen LogP contribution in [-0.4, -0.2) is 33.2 Å². The lowest BCUT2D eigenvalue weighted by Crippen LogP contribution is -2.14. The van der Waals surface area contributed by atoms with E-state index in [9.17, 15) is 17.6 Å². The van der Waals surface area contributed by atoms with Crippen LogP contribution in [0.15, 0.2) is 118 Å². The molecule has 4 aromatic heterocycles. The largest absolute Gasteiger partial charge is 0.424 e. The highest BCUT2D eigenvalue weighted by Crippen LogP contribution is 2.38. The summed E-state index contributed by atoms with van der Waals surface area (Å²) in [6, 6.07) is 22.2. The van der Waals surface area contributed by atoms with Crippen molar-refractivity contribution < 1.29 is 17.2 Å². The van der Waals surface area contributed by atoms with Crippen molar-refractivity contribution in [1.29, 1.82) is 0 Å². The van der Waals surface area contributed by atoms with Gasteiger partial charge in [0.15, 0.2) is 5.65 Å². The maximum atomic E-state index is 13.4. The summed E-state index contributed by atoms with van der Waals surface area (Å²) in [5.41, 5.74) is 8.69. The number of hydrogen-bond donors (Lipinski definition) is 2. The molecule has 3 aromatic carbocycles. The van der Waals surface area contributed by atoms with E-state index in [1.807, 2.05) is 49.4 Å². The van der Waals surface area contributed by atoms with Crippen molar-refractivity contribution in [3.05, 3.63) is 126 Å². The van der Waals surface area contributed by atoms with Gasteiger partial charge in [-0.15, -0.1) is 0 Å². The molecule has 0 fully saturated rings. The Hall–Kier alpha value is -5.95. The van der Waals surface area contributed by atoms with Crippen LogP contribution < -0.4 is 16.1 Å². The van der Waals surface area contributed by atoms with Gasteiger partial charge in [-0.25, -0.2) is 32.3 Å². The molecule has 0 aliphatic rings. The molecular formula is C33H24FN7O4S. The first-order valence-corrected chi connectivity index (χ1v) is 15.5. The number of halogens is 1. The fourth-order valence-corrected chi connectivity index (χ4v) is 6.48. The lowest BCUT2D eigenvalue weighted by molar-refractivity contribution is 0.405. The Bertz CT molecular complexity index is 2430. The molecule has 228 valence electrons. The van der Waals surface area contributed by atoms with Crippen LogP contribution in [0, 0.1) is 5.82 Å². The summed E-state index contributed by atoms with van der Waals surface area (Å²) in [5.74, 6) is -0.0565. The van der Waals surface area contributed by atoms with Gasteiger partial charge in [-0.2, -0.15) is 5.10 Å². The topological polar surface area (TPSA) is 159 Å². The van der Waals surface area contributed by atoms with E-state index in [0.717, 1.165) is 28.6 Å². The molecule has 11 nitrogen and oxygen atoms in total. The Labute approximate surface area is 261 Å². The fourth-order valence-electron chi connectivity index (χ4n) is 5.45. The number of pyridine rings is 1. The van der Waals surface area contributed by atoms with Gasteiger partial charge in [0, 0.05) is 22.7 Å². The molecular weight excluding hydrogens is 609 g/mol. The molecule has 0 aliphatic carbocycles. The van der Waals surface area contributed by atoms with Gasteiger partial charge in [-0.3, -0.25) is 9.71 Å². The average molecular weight is 634 g/mol. The number of fused-ring (bicyclic) bond motifs is 2. The molecule has 3 N–H and O–H groups in total. The highest BCUT2D eigenvalue weighted by Gasteiger charge is 2.27. The van der Waals surface area contributed by atoms with Crippen LogP contribution in [0.25, 0.3) is 44.2 Å². The zero-order valence-corrected chi connectivity index (χ0v) is 24.9. The van der Waals surface area contributed by atoms with Gasteiger partial charge in [-0.1, -0.05) is 48.5 Å². The van der Waals surface area contributed by atoms with E-state index < -0.39 is 27.5 Å². The van der Waals surface area contributed by atoms with Crippen LogP contribution >= 0.6 is 0 Å². The number of nitrogen functional groups attached to an aromatic ring is 1. The van der Waals surface area contributed by atoms with Crippen LogP contribution in [0.5, 0.6) is 0 Å². The summed E-state index contributed by atoms with van der Waals surface area (Å²) >= 11 is 0. The second-order valence-corrected chi connectivity index (χ2v) is 12.2. The SMILES string of the molecule is CC(c1oc(=O)c2ccccc2c1-c1ccccc1)n1nc(-c2cncc(NS(=O)(=O)c3ccc(F)cc3)c2)c2c(N)ncnc21. The molecule has 7 rings (SSSR count). The number of anilines is 2. The minimum atomic E-state index is -4.05. The molecule has 7 aromatic rings. The third kappa shape index (κ3) is 5.02. The van der Waals surface area contributed by atoms with Gasteiger partial charge in [0.1, 0.15) is 35.5 Å². The van der Waals surface area contributed by atoms with Gasteiger partial charge in [0.25, 0.3) is 10.0 Å². The number of aromatic nitrogens is 5. The first-order valence-electron chi connectivity index (χ1n) is 14.0. The van der Waals surface area contributed by atoms with Crippen molar-refractivity contribution in [2.24, 2.45) is 0 Å². The summed E-state index contributed by atoms with van der Waals surface area (Å²) in [6.45, 7) is 1.83. The minimum absolute atomic E-state index is 0.119. The lowest BCUT2D eigenvalue weighted by Gasteiger charge is -2.18. The monoisotopic (exact) mass is 633 g/mol. The van der Waals surface area contributed by atoms with E-state index >= 15 is 0 Å². The van der Waals surface area contributed by atoms with Crippen LogP contribution in [0.1, 0.15) is 18.7 Å².